The predicted octanol–water partition coefficient (Wildman–Crippen LogP) is 4.53. The van der Waals surface area contributed by atoms with Crippen molar-refractivity contribution in [3.05, 3.63) is 63.1 Å². The largest absolute Gasteiger partial charge is 0.385 e. The standard InChI is InChI=1S/C17H18BrClN2O/c1-12-10-15(6-7-16(12)18)20-9-8-17(22)21-11-13-2-4-14(19)5-3-13/h2-7,10,20H,8-9,11H2,1H3,(H,21,22). The highest BCUT2D eigenvalue weighted by molar-refractivity contribution is 9.10. The number of carbonyl (C=O) groups is 1. The Balaban J connectivity index is 1.71. The fraction of sp³-hybridized carbons (Fsp3) is 0.235. The van der Waals surface area contributed by atoms with Crippen molar-refractivity contribution in [3.8, 4) is 0 Å². The second-order valence-corrected chi connectivity index (χ2v) is 6.33. The first-order chi connectivity index (χ1) is 10.5. The molecule has 2 N–H and O–H groups in total. The molecule has 0 saturated heterocycles. The maximum Gasteiger partial charge on any atom is 0.222 e. The van der Waals surface area contributed by atoms with E-state index >= 15 is 0 Å². The van der Waals surface area contributed by atoms with Gasteiger partial charge in [-0.2, -0.15) is 0 Å². The summed E-state index contributed by atoms with van der Waals surface area (Å²) in [6, 6.07) is 13.5. The second-order valence-electron chi connectivity index (χ2n) is 5.04. The van der Waals surface area contributed by atoms with Gasteiger partial charge in [0.05, 0.1) is 0 Å². The minimum Gasteiger partial charge on any atom is -0.385 e. The minimum atomic E-state index is 0.0243. The monoisotopic (exact) mass is 380 g/mol. The molecule has 0 aromatic heterocycles. The summed E-state index contributed by atoms with van der Waals surface area (Å²) in [4.78, 5) is 11.8. The van der Waals surface area contributed by atoms with Gasteiger partial charge in [0.15, 0.2) is 0 Å². The molecule has 5 heteroatoms. The quantitative estimate of drug-likeness (QED) is 0.772. The average molecular weight is 382 g/mol. The Labute approximate surface area is 144 Å². The Morgan fingerprint density at radius 3 is 2.59 bits per heavy atom. The summed E-state index contributed by atoms with van der Waals surface area (Å²) in [6.45, 7) is 3.16. The van der Waals surface area contributed by atoms with E-state index in [0.717, 1.165) is 21.3 Å². The van der Waals surface area contributed by atoms with Crippen LogP contribution < -0.4 is 10.6 Å². The highest BCUT2D eigenvalue weighted by Gasteiger charge is 2.02. The molecule has 0 bridgehead atoms. The number of rotatable bonds is 6. The Bertz CT molecular complexity index is 644. The third-order valence-corrected chi connectivity index (χ3v) is 4.38. The van der Waals surface area contributed by atoms with Gasteiger partial charge in [-0.3, -0.25) is 4.79 Å². The van der Waals surface area contributed by atoms with Gasteiger partial charge in [0, 0.05) is 34.7 Å². The predicted molar refractivity (Wildman–Crippen MR) is 95.3 cm³/mol. The van der Waals surface area contributed by atoms with Gasteiger partial charge < -0.3 is 10.6 Å². The highest BCUT2D eigenvalue weighted by atomic mass is 79.9. The van der Waals surface area contributed by atoms with Gasteiger partial charge in [-0.15, -0.1) is 0 Å². The van der Waals surface area contributed by atoms with E-state index in [1.54, 1.807) is 0 Å². The van der Waals surface area contributed by atoms with Crippen molar-refractivity contribution in [3.63, 3.8) is 0 Å². The Morgan fingerprint density at radius 2 is 1.91 bits per heavy atom. The van der Waals surface area contributed by atoms with Crippen molar-refractivity contribution < 1.29 is 4.79 Å². The minimum absolute atomic E-state index is 0.0243. The molecule has 0 fully saturated rings. The first-order valence-electron chi connectivity index (χ1n) is 7.06. The van der Waals surface area contributed by atoms with Gasteiger partial charge in [-0.1, -0.05) is 39.7 Å². The SMILES string of the molecule is Cc1cc(NCCC(=O)NCc2ccc(Cl)cc2)ccc1Br. The molecule has 2 aromatic rings. The Hall–Kier alpha value is -1.52. The van der Waals surface area contributed by atoms with Gasteiger partial charge in [-0.25, -0.2) is 0 Å². The number of anilines is 1. The zero-order valence-corrected chi connectivity index (χ0v) is 14.7. The second kappa shape index (κ2) is 8.20. The molecular weight excluding hydrogens is 364 g/mol. The molecule has 22 heavy (non-hydrogen) atoms. The summed E-state index contributed by atoms with van der Waals surface area (Å²) in [5.74, 6) is 0.0243. The van der Waals surface area contributed by atoms with E-state index in [0.29, 0.717) is 24.5 Å². The van der Waals surface area contributed by atoms with Crippen LogP contribution in [0.3, 0.4) is 0 Å². The number of halogens is 2. The lowest BCUT2D eigenvalue weighted by atomic mass is 10.2. The fourth-order valence-corrected chi connectivity index (χ4v) is 2.34. The molecule has 0 aliphatic rings. The van der Waals surface area contributed by atoms with Crippen LogP contribution >= 0.6 is 27.5 Å². The van der Waals surface area contributed by atoms with E-state index in [1.807, 2.05) is 43.3 Å². The third-order valence-electron chi connectivity index (χ3n) is 3.24. The summed E-state index contributed by atoms with van der Waals surface area (Å²) < 4.78 is 1.08. The normalized spacial score (nSPS) is 10.3. The van der Waals surface area contributed by atoms with Crippen LogP contribution in [0.15, 0.2) is 46.9 Å². The average Bonchev–Trinajstić information content (AvgIpc) is 2.50. The van der Waals surface area contributed by atoms with Gasteiger partial charge in [-0.05, 0) is 48.4 Å². The molecule has 0 saturated carbocycles. The highest BCUT2D eigenvalue weighted by Crippen LogP contribution is 2.19. The van der Waals surface area contributed by atoms with Crippen molar-refractivity contribution in [2.24, 2.45) is 0 Å². The number of aryl methyl sites for hydroxylation is 1. The van der Waals surface area contributed by atoms with Crippen LogP contribution in [-0.2, 0) is 11.3 Å². The summed E-state index contributed by atoms with van der Waals surface area (Å²) >= 11 is 9.29. The summed E-state index contributed by atoms with van der Waals surface area (Å²) in [6.07, 6.45) is 0.433. The number of nitrogens with one attached hydrogen (secondary N) is 2. The summed E-state index contributed by atoms with van der Waals surface area (Å²) in [7, 11) is 0. The molecule has 3 nitrogen and oxygen atoms in total. The number of carbonyl (C=O) groups excluding carboxylic acids is 1. The van der Waals surface area contributed by atoms with E-state index < -0.39 is 0 Å². The molecule has 0 unspecified atom stereocenters. The topological polar surface area (TPSA) is 41.1 Å². The van der Waals surface area contributed by atoms with Crippen molar-refractivity contribution in [1.29, 1.82) is 0 Å². The number of hydrogen-bond donors (Lipinski definition) is 2. The zero-order valence-electron chi connectivity index (χ0n) is 12.3. The van der Waals surface area contributed by atoms with Gasteiger partial charge in [0.1, 0.15) is 0 Å². The lowest BCUT2D eigenvalue weighted by Crippen LogP contribution is -2.24. The van der Waals surface area contributed by atoms with Crippen LogP contribution in [0.2, 0.25) is 5.02 Å². The molecule has 1 amide bonds. The molecule has 0 radical (unpaired) electrons. The van der Waals surface area contributed by atoms with Crippen LogP contribution in [0.1, 0.15) is 17.5 Å². The molecule has 0 spiro atoms. The smallest absolute Gasteiger partial charge is 0.222 e. The van der Waals surface area contributed by atoms with E-state index in [4.69, 9.17) is 11.6 Å². The molecule has 0 aliphatic heterocycles. The van der Waals surface area contributed by atoms with Gasteiger partial charge in [0.2, 0.25) is 5.91 Å². The molecule has 116 valence electrons. The van der Waals surface area contributed by atoms with Crippen LogP contribution in [0, 0.1) is 6.92 Å². The molecule has 2 rings (SSSR count). The Kier molecular flexibility index (Phi) is 6.28. The van der Waals surface area contributed by atoms with Crippen LogP contribution in [0.4, 0.5) is 5.69 Å². The van der Waals surface area contributed by atoms with Gasteiger partial charge in [0.25, 0.3) is 0 Å². The van der Waals surface area contributed by atoms with Crippen LogP contribution in [0.25, 0.3) is 0 Å². The Morgan fingerprint density at radius 1 is 1.18 bits per heavy atom. The first kappa shape index (κ1) is 16.8. The molecule has 2 aromatic carbocycles. The lowest BCUT2D eigenvalue weighted by Gasteiger charge is -2.09. The van der Waals surface area contributed by atoms with E-state index in [1.165, 1.54) is 0 Å². The van der Waals surface area contributed by atoms with E-state index in [-0.39, 0.29) is 5.91 Å². The third kappa shape index (κ3) is 5.35. The van der Waals surface area contributed by atoms with Crippen molar-refractivity contribution >= 4 is 39.1 Å². The van der Waals surface area contributed by atoms with E-state index in [9.17, 15) is 4.79 Å². The number of amides is 1. The number of benzene rings is 2. The van der Waals surface area contributed by atoms with Crippen molar-refractivity contribution in [2.45, 2.75) is 19.9 Å². The maximum absolute atomic E-state index is 11.8. The van der Waals surface area contributed by atoms with Crippen molar-refractivity contribution in [2.75, 3.05) is 11.9 Å². The maximum atomic E-state index is 11.8. The van der Waals surface area contributed by atoms with Gasteiger partial charge >= 0.3 is 0 Å². The fourth-order valence-electron chi connectivity index (χ4n) is 1.97. The van der Waals surface area contributed by atoms with Crippen LogP contribution in [-0.4, -0.2) is 12.5 Å². The van der Waals surface area contributed by atoms with Crippen LogP contribution in [0.5, 0.6) is 0 Å². The lowest BCUT2D eigenvalue weighted by molar-refractivity contribution is -0.121. The van der Waals surface area contributed by atoms with Crippen molar-refractivity contribution in [1.82, 2.24) is 5.32 Å². The first-order valence-corrected chi connectivity index (χ1v) is 8.23. The molecule has 0 atom stereocenters. The van der Waals surface area contributed by atoms with E-state index in [2.05, 4.69) is 32.6 Å². The molecule has 0 heterocycles. The molecule has 0 aliphatic carbocycles. The zero-order chi connectivity index (χ0) is 15.9. The molecular formula is C17H18BrClN2O. The number of hydrogen-bond acceptors (Lipinski definition) is 2. The summed E-state index contributed by atoms with van der Waals surface area (Å²) in [5.41, 5.74) is 3.22. The summed E-state index contributed by atoms with van der Waals surface area (Å²) in [5, 5.41) is 6.84.